The monoisotopic (exact) mass is 414 g/mol. The van der Waals surface area contributed by atoms with Gasteiger partial charge in [0.25, 0.3) is 5.91 Å². The first-order chi connectivity index (χ1) is 14.3. The van der Waals surface area contributed by atoms with Crippen LogP contribution in [0.15, 0.2) is 36.5 Å². The van der Waals surface area contributed by atoms with Crippen molar-refractivity contribution in [2.24, 2.45) is 0 Å². The van der Waals surface area contributed by atoms with E-state index in [9.17, 15) is 23.5 Å². The van der Waals surface area contributed by atoms with Gasteiger partial charge < -0.3 is 15.1 Å². The molecule has 1 amide bonds. The Bertz CT molecular complexity index is 1130. The van der Waals surface area contributed by atoms with Crippen LogP contribution >= 0.6 is 0 Å². The van der Waals surface area contributed by atoms with E-state index in [1.165, 1.54) is 34.0 Å². The van der Waals surface area contributed by atoms with E-state index in [-0.39, 0.29) is 48.8 Å². The first-order valence-electron chi connectivity index (χ1n) is 9.04. The van der Waals surface area contributed by atoms with Gasteiger partial charge in [-0.25, -0.2) is 13.5 Å². The Morgan fingerprint density at radius 2 is 1.73 bits per heavy atom. The summed E-state index contributed by atoms with van der Waals surface area (Å²) in [5, 5.41) is 26.7. The summed E-state index contributed by atoms with van der Waals surface area (Å²) in [5.41, 5.74) is 1.96. The molecule has 1 aliphatic rings. The topological polar surface area (TPSA) is 109 Å². The van der Waals surface area contributed by atoms with E-state index in [1.54, 1.807) is 0 Å². The number of rotatable bonds is 5. The van der Waals surface area contributed by atoms with Crippen LogP contribution < -0.4 is 0 Å². The van der Waals surface area contributed by atoms with Gasteiger partial charge in [-0.1, -0.05) is 5.21 Å². The molecule has 0 radical (unpaired) electrons. The maximum Gasteiger partial charge on any atom is 0.303 e. The second-order valence-electron chi connectivity index (χ2n) is 6.95. The number of fused-ring (bicyclic) bond motifs is 1. The summed E-state index contributed by atoms with van der Waals surface area (Å²) >= 11 is 0. The highest BCUT2D eigenvalue weighted by Gasteiger charge is 2.26. The molecule has 0 unspecified atom stereocenters. The van der Waals surface area contributed by atoms with Gasteiger partial charge in [-0.3, -0.25) is 9.59 Å². The summed E-state index contributed by atoms with van der Waals surface area (Å²) in [7, 11) is 0. The summed E-state index contributed by atoms with van der Waals surface area (Å²) in [4.78, 5) is 25.0. The second kappa shape index (κ2) is 7.54. The summed E-state index contributed by atoms with van der Waals surface area (Å²) < 4.78 is 28.2. The quantitative estimate of drug-likeness (QED) is 0.664. The maximum atomic E-state index is 13.5. The van der Waals surface area contributed by atoms with Gasteiger partial charge in [0.15, 0.2) is 11.6 Å². The highest BCUT2D eigenvalue weighted by molar-refractivity contribution is 5.95. The van der Waals surface area contributed by atoms with Crippen molar-refractivity contribution in [1.29, 1.82) is 0 Å². The van der Waals surface area contributed by atoms with Crippen LogP contribution in [0.25, 0.3) is 5.69 Å². The summed E-state index contributed by atoms with van der Waals surface area (Å²) in [6.45, 7) is 0.286. The number of aromatic hydroxyl groups is 1. The average Bonchev–Trinajstić information content (AvgIpc) is 3.33. The molecule has 1 aliphatic heterocycles. The maximum absolute atomic E-state index is 13.5. The van der Waals surface area contributed by atoms with Crippen LogP contribution in [-0.2, 0) is 24.3 Å². The molecule has 2 aromatic carbocycles. The molecule has 0 saturated carbocycles. The van der Waals surface area contributed by atoms with Gasteiger partial charge in [-0.15, -0.1) is 5.10 Å². The van der Waals surface area contributed by atoms with Crippen molar-refractivity contribution in [2.45, 2.75) is 25.9 Å². The van der Waals surface area contributed by atoms with Crippen LogP contribution in [0.1, 0.15) is 33.6 Å². The van der Waals surface area contributed by atoms with Crippen LogP contribution in [0.3, 0.4) is 0 Å². The zero-order valence-corrected chi connectivity index (χ0v) is 15.5. The number of benzene rings is 2. The lowest BCUT2D eigenvalue weighted by Gasteiger charge is -2.16. The van der Waals surface area contributed by atoms with Gasteiger partial charge in [-0.05, 0) is 41.5 Å². The first kappa shape index (κ1) is 19.5. The molecule has 8 nitrogen and oxygen atoms in total. The van der Waals surface area contributed by atoms with Gasteiger partial charge in [0.05, 0.1) is 18.3 Å². The Kier molecular flexibility index (Phi) is 4.90. The highest BCUT2D eigenvalue weighted by atomic mass is 19.2. The Balaban J connectivity index is 1.56. The number of carboxylic acids is 1. The van der Waals surface area contributed by atoms with Crippen molar-refractivity contribution in [3.63, 3.8) is 0 Å². The van der Waals surface area contributed by atoms with Gasteiger partial charge >= 0.3 is 5.97 Å². The smallest absolute Gasteiger partial charge is 0.303 e. The number of carboxylic acid groups (broad SMARTS) is 1. The molecule has 2 N–H and O–H groups in total. The van der Waals surface area contributed by atoms with Gasteiger partial charge in [-0.2, -0.15) is 0 Å². The lowest BCUT2D eigenvalue weighted by molar-refractivity contribution is -0.136. The van der Waals surface area contributed by atoms with Crippen LogP contribution in [0.4, 0.5) is 8.78 Å². The third kappa shape index (κ3) is 3.71. The molecule has 10 heteroatoms. The Morgan fingerprint density at radius 3 is 2.37 bits per heavy atom. The normalized spacial score (nSPS) is 12.8. The molecular weight excluding hydrogens is 398 g/mol. The van der Waals surface area contributed by atoms with Gasteiger partial charge in [0.2, 0.25) is 0 Å². The Labute approximate surface area is 169 Å². The van der Waals surface area contributed by atoms with E-state index in [1.807, 2.05) is 0 Å². The molecule has 0 fully saturated rings. The lowest BCUT2D eigenvalue weighted by atomic mass is 10.1. The largest absolute Gasteiger partial charge is 0.506 e. The van der Waals surface area contributed by atoms with E-state index in [2.05, 4.69) is 10.3 Å². The Morgan fingerprint density at radius 1 is 1.07 bits per heavy atom. The third-order valence-corrected chi connectivity index (χ3v) is 4.86. The minimum atomic E-state index is -0.966. The number of phenols is 1. The van der Waals surface area contributed by atoms with Crippen molar-refractivity contribution in [3.8, 4) is 11.4 Å². The molecule has 30 heavy (non-hydrogen) atoms. The SMILES string of the molecule is O=C(O)CCc1cn(-c2cc(C(=O)N3Cc4cc(F)c(F)cc4C3)ccc2O)nn1. The van der Waals surface area contributed by atoms with Crippen LogP contribution in [-0.4, -0.2) is 42.0 Å². The number of aliphatic carboxylic acids is 1. The average molecular weight is 414 g/mol. The van der Waals surface area contributed by atoms with E-state index in [0.717, 1.165) is 12.1 Å². The lowest BCUT2D eigenvalue weighted by Crippen LogP contribution is -2.25. The van der Waals surface area contributed by atoms with Crippen molar-refractivity contribution in [2.75, 3.05) is 0 Å². The minimum Gasteiger partial charge on any atom is -0.506 e. The third-order valence-electron chi connectivity index (χ3n) is 4.86. The summed E-state index contributed by atoms with van der Waals surface area (Å²) in [6.07, 6.45) is 1.54. The van der Waals surface area contributed by atoms with Crippen molar-refractivity contribution < 1.29 is 28.6 Å². The molecule has 0 bridgehead atoms. The zero-order chi connectivity index (χ0) is 21.4. The predicted octanol–water partition coefficient (Wildman–Crippen LogP) is 2.42. The van der Waals surface area contributed by atoms with E-state index < -0.39 is 17.6 Å². The van der Waals surface area contributed by atoms with E-state index in [4.69, 9.17) is 5.11 Å². The van der Waals surface area contributed by atoms with Crippen LogP contribution in [0, 0.1) is 11.6 Å². The molecule has 0 saturated heterocycles. The molecule has 1 aromatic heterocycles. The fourth-order valence-corrected chi connectivity index (χ4v) is 3.32. The number of carbonyl (C=O) groups excluding carboxylic acids is 1. The summed E-state index contributed by atoms with van der Waals surface area (Å²) in [6, 6.07) is 6.39. The molecule has 4 rings (SSSR count). The van der Waals surface area contributed by atoms with Crippen molar-refractivity contribution >= 4 is 11.9 Å². The molecule has 154 valence electrons. The molecular formula is C20H16F2N4O4. The van der Waals surface area contributed by atoms with E-state index >= 15 is 0 Å². The number of aryl methyl sites for hydroxylation is 1. The number of amides is 1. The van der Waals surface area contributed by atoms with Gasteiger partial charge in [0, 0.05) is 25.1 Å². The predicted molar refractivity (Wildman–Crippen MR) is 98.9 cm³/mol. The molecule has 3 aromatic rings. The van der Waals surface area contributed by atoms with E-state index in [0.29, 0.717) is 16.8 Å². The fraction of sp³-hybridized carbons (Fsp3) is 0.200. The number of halogens is 2. The summed E-state index contributed by atoms with van der Waals surface area (Å²) in [5.74, 6) is -3.40. The minimum absolute atomic E-state index is 0.111. The molecule has 0 spiro atoms. The van der Waals surface area contributed by atoms with Crippen LogP contribution in [0.2, 0.25) is 0 Å². The van der Waals surface area contributed by atoms with Crippen molar-refractivity contribution in [1.82, 2.24) is 19.9 Å². The molecule has 0 atom stereocenters. The number of aromatic nitrogens is 3. The molecule has 0 aliphatic carbocycles. The van der Waals surface area contributed by atoms with Crippen molar-refractivity contribution in [3.05, 3.63) is 70.5 Å². The highest BCUT2D eigenvalue weighted by Crippen LogP contribution is 2.28. The number of phenolic OH excluding ortho intramolecular Hbond substituents is 1. The standard InChI is InChI=1S/C20H16F2N4O4/c21-15-5-12-8-25(9-13(12)6-16(15)22)20(30)11-1-3-18(27)17(7-11)26-10-14(23-24-26)2-4-19(28)29/h1,3,5-7,10,27H,2,4,8-9H2,(H,28,29). The number of nitrogens with zero attached hydrogens (tertiary/aromatic N) is 4. The fourth-order valence-electron chi connectivity index (χ4n) is 3.32. The number of hydrogen-bond donors (Lipinski definition) is 2. The number of hydrogen-bond acceptors (Lipinski definition) is 5. The second-order valence-corrected chi connectivity index (χ2v) is 6.95. The van der Waals surface area contributed by atoms with Gasteiger partial charge in [0.1, 0.15) is 11.4 Å². The first-order valence-corrected chi connectivity index (χ1v) is 9.04. The Hall–Kier alpha value is -3.82. The number of carbonyl (C=O) groups is 2. The molecule has 2 heterocycles. The van der Waals surface area contributed by atoms with Crippen LogP contribution in [0.5, 0.6) is 5.75 Å². The zero-order valence-electron chi connectivity index (χ0n) is 15.5.